The molecule has 1 aliphatic heterocycles. The minimum absolute atomic E-state index is 0.0397. The van der Waals surface area contributed by atoms with Crippen LogP contribution in [0.2, 0.25) is 5.02 Å². The van der Waals surface area contributed by atoms with Crippen molar-refractivity contribution in [3.05, 3.63) is 57.7 Å². The lowest BCUT2D eigenvalue weighted by atomic mass is 10.2. The number of nitrogens with one attached hydrogen (secondary N) is 2. The van der Waals surface area contributed by atoms with Gasteiger partial charge in [0.2, 0.25) is 10.0 Å². The van der Waals surface area contributed by atoms with Crippen LogP contribution in [-0.2, 0) is 10.0 Å². The van der Waals surface area contributed by atoms with E-state index in [4.69, 9.17) is 11.6 Å². The molecule has 0 aliphatic carbocycles. The largest absolute Gasteiger partial charge is 0.369 e. The summed E-state index contributed by atoms with van der Waals surface area (Å²) in [6.45, 7) is 1.51. The number of piperazine rings is 1. The number of benzene rings is 2. The predicted octanol–water partition coefficient (Wildman–Crippen LogP) is 2.16. The maximum absolute atomic E-state index is 13.1. The van der Waals surface area contributed by atoms with E-state index in [9.17, 15) is 17.6 Å². The molecule has 0 unspecified atom stereocenters. The molecule has 7 nitrogen and oxygen atoms in total. The van der Waals surface area contributed by atoms with E-state index < -0.39 is 15.7 Å². The highest BCUT2D eigenvalue weighted by Gasteiger charge is 2.30. The molecule has 0 bridgehead atoms. The molecule has 2 N–H and O–H groups in total. The van der Waals surface area contributed by atoms with Gasteiger partial charge in [0.15, 0.2) is 0 Å². The van der Waals surface area contributed by atoms with Crippen LogP contribution >= 0.6 is 11.6 Å². The van der Waals surface area contributed by atoms with Crippen LogP contribution in [0.5, 0.6) is 0 Å². The van der Waals surface area contributed by atoms with Crippen molar-refractivity contribution in [2.24, 2.45) is 0 Å². The number of aromatic amines is 2. The number of imidazole rings is 1. The molecule has 10 heteroatoms. The van der Waals surface area contributed by atoms with Gasteiger partial charge >= 0.3 is 5.69 Å². The molecule has 0 amide bonds. The van der Waals surface area contributed by atoms with E-state index in [1.807, 2.05) is 4.90 Å². The SMILES string of the molecule is O=c1[nH]c2cc(Cl)c(S(=O)(=O)N3CCN(c4ccc(F)cc4)CC3)cc2[nH]1. The molecule has 1 aromatic heterocycles. The fourth-order valence-electron chi connectivity index (χ4n) is 3.21. The zero-order valence-corrected chi connectivity index (χ0v) is 15.6. The number of aromatic nitrogens is 2. The second-order valence-corrected chi connectivity index (χ2v) is 8.59. The average Bonchev–Trinajstić information content (AvgIpc) is 3.00. The quantitative estimate of drug-likeness (QED) is 0.692. The van der Waals surface area contributed by atoms with Crippen molar-refractivity contribution < 1.29 is 12.8 Å². The molecule has 2 heterocycles. The van der Waals surface area contributed by atoms with Gasteiger partial charge in [0.1, 0.15) is 10.7 Å². The van der Waals surface area contributed by atoms with Crippen molar-refractivity contribution in [3.8, 4) is 0 Å². The topological polar surface area (TPSA) is 89.3 Å². The molecule has 0 spiro atoms. The summed E-state index contributed by atoms with van der Waals surface area (Å²) < 4.78 is 40.5. The lowest BCUT2D eigenvalue weighted by molar-refractivity contribution is 0.385. The Hall–Kier alpha value is -2.36. The minimum atomic E-state index is -3.81. The fraction of sp³-hybridized carbons (Fsp3) is 0.235. The maximum Gasteiger partial charge on any atom is 0.323 e. The Morgan fingerprint density at radius 2 is 1.56 bits per heavy atom. The van der Waals surface area contributed by atoms with Crippen LogP contribution in [0.4, 0.5) is 10.1 Å². The number of fused-ring (bicyclic) bond motifs is 1. The van der Waals surface area contributed by atoms with Crippen molar-refractivity contribution in [2.45, 2.75) is 4.90 Å². The Morgan fingerprint density at radius 1 is 0.963 bits per heavy atom. The Balaban J connectivity index is 1.57. The number of hydrogen-bond acceptors (Lipinski definition) is 4. The first-order chi connectivity index (χ1) is 12.8. The first-order valence-corrected chi connectivity index (χ1v) is 10.1. The summed E-state index contributed by atoms with van der Waals surface area (Å²) in [6, 6.07) is 8.91. The fourth-order valence-corrected chi connectivity index (χ4v) is 5.16. The number of halogens is 2. The van der Waals surface area contributed by atoms with Gasteiger partial charge in [0.05, 0.1) is 16.1 Å². The van der Waals surface area contributed by atoms with Crippen molar-refractivity contribution >= 4 is 38.3 Å². The number of anilines is 1. The zero-order valence-electron chi connectivity index (χ0n) is 14.1. The molecule has 1 aliphatic rings. The monoisotopic (exact) mass is 410 g/mol. The van der Waals surface area contributed by atoms with Crippen LogP contribution in [-0.4, -0.2) is 48.9 Å². The molecule has 3 aromatic rings. The first-order valence-electron chi connectivity index (χ1n) is 8.27. The van der Waals surface area contributed by atoms with Crippen molar-refractivity contribution in [2.75, 3.05) is 31.1 Å². The van der Waals surface area contributed by atoms with Gasteiger partial charge in [-0.3, -0.25) is 0 Å². The summed E-state index contributed by atoms with van der Waals surface area (Å²) in [5.41, 5.74) is 1.25. The first kappa shape index (κ1) is 18.0. The average molecular weight is 411 g/mol. The highest BCUT2D eigenvalue weighted by molar-refractivity contribution is 7.89. The van der Waals surface area contributed by atoms with Gasteiger partial charge in [-0.05, 0) is 36.4 Å². The predicted molar refractivity (Wildman–Crippen MR) is 101 cm³/mol. The smallest absolute Gasteiger partial charge is 0.323 e. The van der Waals surface area contributed by atoms with Crippen LogP contribution in [0.25, 0.3) is 11.0 Å². The van der Waals surface area contributed by atoms with Gasteiger partial charge in [-0.2, -0.15) is 4.31 Å². The molecule has 0 radical (unpaired) electrons. The molecular weight excluding hydrogens is 395 g/mol. The second kappa shape index (κ2) is 6.66. The van der Waals surface area contributed by atoms with Gasteiger partial charge in [-0.25, -0.2) is 17.6 Å². The third-order valence-corrected chi connectivity index (χ3v) is 6.98. The normalized spacial score (nSPS) is 16.1. The highest BCUT2D eigenvalue weighted by Crippen LogP contribution is 2.29. The van der Waals surface area contributed by atoms with Gasteiger partial charge in [-0.1, -0.05) is 11.6 Å². The number of H-pyrrole nitrogens is 2. The Bertz CT molecular complexity index is 1150. The van der Waals surface area contributed by atoms with E-state index in [1.54, 1.807) is 12.1 Å². The molecule has 27 heavy (non-hydrogen) atoms. The van der Waals surface area contributed by atoms with E-state index in [0.717, 1.165) is 5.69 Å². The van der Waals surface area contributed by atoms with E-state index in [1.165, 1.54) is 28.6 Å². The highest BCUT2D eigenvalue weighted by atomic mass is 35.5. The van der Waals surface area contributed by atoms with Crippen molar-refractivity contribution in [3.63, 3.8) is 0 Å². The van der Waals surface area contributed by atoms with Crippen LogP contribution in [0.1, 0.15) is 0 Å². The third-order valence-electron chi connectivity index (χ3n) is 4.62. The second-order valence-electron chi connectivity index (χ2n) is 6.27. The summed E-state index contributed by atoms with van der Waals surface area (Å²) in [5, 5.41) is 0.0544. The van der Waals surface area contributed by atoms with Crippen LogP contribution in [0.3, 0.4) is 0 Å². The van der Waals surface area contributed by atoms with Crippen molar-refractivity contribution in [1.29, 1.82) is 0 Å². The lowest BCUT2D eigenvalue weighted by Gasteiger charge is -2.35. The summed E-state index contributed by atoms with van der Waals surface area (Å²) in [5.74, 6) is -0.312. The molecule has 2 aromatic carbocycles. The Labute approximate surface area is 159 Å². The summed E-state index contributed by atoms with van der Waals surface area (Å²) in [7, 11) is -3.81. The number of rotatable bonds is 3. The Kier molecular flexibility index (Phi) is 4.45. The molecule has 0 saturated carbocycles. The van der Waals surface area contributed by atoms with E-state index >= 15 is 0 Å². The zero-order chi connectivity index (χ0) is 19.2. The summed E-state index contributed by atoms with van der Waals surface area (Å²) >= 11 is 6.17. The summed E-state index contributed by atoms with van der Waals surface area (Å²) in [4.78, 5) is 18.5. The van der Waals surface area contributed by atoms with Crippen LogP contribution in [0, 0.1) is 5.82 Å². The van der Waals surface area contributed by atoms with E-state index in [0.29, 0.717) is 24.1 Å². The third kappa shape index (κ3) is 3.33. The van der Waals surface area contributed by atoms with Gasteiger partial charge in [-0.15, -0.1) is 0 Å². The molecule has 1 fully saturated rings. The molecule has 0 atom stereocenters. The van der Waals surface area contributed by atoms with Crippen molar-refractivity contribution in [1.82, 2.24) is 14.3 Å². The number of hydrogen-bond donors (Lipinski definition) is 2. The number of nitrogens with zero attached hydrogens (tertiary/aromatic N) is 2. The van der Waals surface area contributed by atoms with E-state index in [2.05, 4.69) is 9.97 Å². The standard InChI is InChI=1S/C17H16ClFN4O3S/c18-13-9-14-15(21-17(24)20-14)10-16(13)27(25,26)23-7-5-22(6-8-23)12-3-1-11(19)2-4-12/h1-4,9-10H,5-8H2,(H2,20,21,24). The van der Waals surface area contributed by atoms with E-state index in [-0.39, 0.29) is 28.8 Å². The van der Waals surface area contributed by atoms with Crippen LogP contribution < -0.4 is 10.6 Å². The molecule has 142 valence electrons. The number of sulfonamides is 1. The van der Waals surface area contributed by atoms with Gasteiger partial charge < -0.3 is 14.9 Å². The maximum atomic E-state index is 13.1. The van der Waals surface area contributed by atoms with Gasteiger partial charge in [0.25, 0.3) is 0 Å². The molecule has 1 saturated heterocycles. The van der Waals surface area contributed by atoms with Gasteiger partial charge in [0, 0.05) is 31.9 Å². The minimum Gasteiger partial charge on any atom is -0.369 e. The van der Waals surface area contributed by atoms with Crippen LogP contribution in [0.15, 0.2) is 46.1 Å². The summed E-state index contributed by atoms with van der Waals surface area (Å²) in [6.07, 6.45) is 0. The molecular formula is C17H16ClFN4O3S. The Morgan fingerprint density at radius 3 is 2.19 bits per heavy atom. The molecule has 4 rings (SSSR count). The lowest BCUT2D eigenvalue weighted by Crippen LogP contribution is -2.48.